The highest BCUT2D eigenvalue weighted by atomic mass is 16.5. The van der Waals surface area contributed by atoms with Gasteiger partial charge in [-0.25, -0.2) is 4.68 Å². The van der Waals surface area contributed by atoms with Crippen molar-refractivity contribution in [1.82, 2.24) is 9.78 Å². The number of methoxy groups -OCH3 is 1. The summed E-state index contributed by atoms with van der Waals surface area (Å²) >= 11 is 0. The third kappa shape index (κ3) is 2.54. The average Bonchev–Trinajstić information content (AvgIpc) is 2.69. The first kappa shape index (κ1) is 16.3. The Kier molecular flexibility index (Phi) is 4.17. The minimum absolute atomic E-state index is 0.0506. The molecule has 4 nitrogen and oxygen atoms in total. The first-order valence-corrected chi connectivity index (χ1v) is 8.80. The molecule has 0 aliphatic heterocycles. The van der Waals surface area contributed by atoms with E-state index in [9.17, 15) is 4.79 Å². The van der Waals surface area contributed by atoms with E-state index in [1.165, 1.54) is 0 Å². The molecular formula is C22H20N2O2. The van der Waals surface area contributed by atoms with Crippen molar-refractivity contribution >= 4 is 21.5 Å². The second-order valence-electron chi connectivity index (χ2n) is 6.29. The standard InChI is InChI=1S/C22H20N2O2/c1-3-14-24-22(25)18-11-7-6-10-17(18)21(23-24)20-16-9-5-4-8-15(16)12-13-19(20)26-2/h4-13H,3,14H2,1-2H3. The fourth-order valence-corrected chi connectivity index (χ4v) is 3.45. The molecule has 3 aromatic carbocycles. The van der Waals surface area contributed by atoms with Crippen LogP contribution in [0.4, 0.5) is 0 Å². The van der Waals surface area contributed by atoms with Gasteiger partial charge >= 0.3 is 0 Å². The molecule has 26 heavy (non-hydrogen) atoms. The van der Waals surface area contributed by atoms with Gasteiger partial charge in [0.05, 0.1) is 18.1 Å². The Balaban J connectivity index is 2.17. The quantitative estimate of drug-likeness (QED) is 0.542. The molecule has 0 aliphatic carbocycles. The van der Waals surface area contributed by atoms with Crippen LogP contribution in [0, 0.1) is 0 Å². The van der Waals surface area contributed by atoms with E-state index in [2.05, 4.69) is 12.1 Å². The smallest absolute Gasteiger partial charge is 0.274 e. The summed E-state index contributed by atoms with van der Waals surface area (Å²) in [5, 5.41) is 8.45. The fourth-order valence-electron chi connectivity index (χ4n) is 3.45. The topological polar surface area (TPSA) is 44.1 Å². The van der Waals surface area contributed by atoms with Crippen LogP contribution < -0.4 is 10.3 Å². The van der Waals surface area contributed by atoms with Crippen molar-refractivity contribution in [2.75, 3.05) is 7.11 Å². The summed E-state index contributed by atoms with van der Waals surface area (Å²) in [6.45, 7) is 2.63. The minimum Gasteiger partial charge on any atom is -0.496 e. The minimum atomic E-state index is -0.0506. The first-order valence-electron chi connectivity index (χ1n) is 8.80. The predicted molar refractivity (Wildman–Crippen MR) is 106 cm³/mol. The van der Waals surface area contributed by atoms with Crippen molar-refractivity contribution in [2.45, 2.75) is 19.9 Å². The van der Waals surface area contributed by atoms with Gasteiger partial charge in [0.15, 0.2) is 0 Å². The molecule has 0 aliphatic rings. The van der Waals surface area contributed by atoms with Crippen LogP contribution in [-0.4, -0.2) is 16.9 Å². The zero-order valence-corrected chi connectivity index (χ0v) is 14.9. The maximum Gasteiger partial charge on any atom is 0.274 e. The number of aryl methyl sites for hydroxylation is 1. The Labute approximate surface area is 151 Å². The Morgan fingerprint density at radius 2 is 1.62 bits per heavy atom. The average molecular weight is 344 g/mol. The second kappa shape index (κ2) is 6.64. The van der Waals surface area contributed by atoms with Gasteiger partial charge in [-0.15, -0.1) is 0 Å². The number of hydrogen-bond acceptors (Lipinski definition) is 3. The maximum absolute atomic E-state index is 12.8. The van der Waals surface area contributed by atoms with E-state index in [0.717, 1.165) is 39.6 Å². The van der Waals surface area contributed by atoms with Gasteiger partial charge in [-0.2, -0.15) is 5.10 Å². The van der Waals surface area contributed by atoms with Crippen molar-refractivity contribution in [3.63, 3.8) is 0 Å². The maximum atomic E-state index is 12.8. The van der Waals surface area contributed by atoms with Gasteiger partial charge in [0.2, 0.25) is 0 Å². The van der Waals surface area contributed by atoms with Crippen LogP contribution >= 0.6 is 0 Å². The van der Waals surface area contributed by atoms with Crippen molar-refractivity contribution < 1.29 is 4.74 Å². The third-order valence-electron chi connectivity index (χ3n) is 4.65. The van der Waals surface area contributed by atoms with E-state index in [-0.39, 0.29) is 5.56 Å². The molecule has 0 saturated carbocycles. The van der Waals surface area contributed by atoms with Crippen LogP contribution in [0.2, 0.25) is 0 Å². The number of rotatable bonds is 4. The molecule has 0 atom stereocenters. The zero-order chi connectivity index (χ0) is 18.1. The van der Waals surface area contributed by atoms with E-state index in [1.54, 1.807) is 11.8 Å². The summed E-state index contributed by atoms with van der Waals surface area (Å²) in [4.78, 5) is 12.8. The van der Waals surface area contributed by atoms with Crippen LogP contribution in [0.25, 0.3) is 32.8 Å². The monoisotopic (exact) mass is 344 g/mol. The molecule has 0 bridgehead atoms. The van der Waals surface area contributed by atoms with Crippen LogP contribution in [0.5, 0.6) is 5.75 Å². The molecule has 0 radical (unpaired) electrons. The molecule has 4 rings (SSSR count). The lowest BCUT2D eigenvalue weighted by Gasteiger charge is -2.15. The number of nitrogens with zero attached hydrogens (tertiary/aromatic N) is 2. The predicted octanol–water partition coefficient (Wildman–Crippen LogP) is 4.64. The Hall–Kier alpha value is -3.14. The summed E-state index contributed by atoms with van der Waals surface area (Å²) < 4.78 is 7.23. The van der Waals surface area contributed by atoms with Crippen LogP contribution in [0.1, 0.15) is 13.3 Å². The highest BCUT2D eigenvalue weighted by Gasteiger charge is 2.17. The van der Waals surface area contributed by atoms with E-state index in [0.29, 0.717) is 11.9 Å². The van der Waals surface area contributed by atoms with Crippen molar-refractivity contribution in [3.8, 4) is 17.0 Å². The van der Waals surface area contributed by atoms with Crippen LogP contribution in [0.3, 0.4) is 0 Å². The van der Waals surface area contributed by atoms with E-state index in [4.69, 9.17) is 9.84 Å². The number of fused-ring (bicyclic) bond motifs is 2. The number of benzene rings is 3. The molecule has 0 N–H and O–H groups in total. The molecule has 0 amide bonds. The SMILES string of the molecule is CCCn1nc(-c2c(OC)ccc3ccccc23)c2ccccc2c1=O. The zero-order valence-electron chi connectivity index (χ0n) is 14.9. The Morgan fingerprint density at radius 3 is 2.35 bits per heavy atom. The summed E-state index contributed by atoms with van der Waals surface area (Å²) in [7, 11) is 1.66. The highest BCUT2D eigenvalue weighted by Crippen LogP contribution is 2.38. The van der Waals surface area contributed by atoms with Crippen LogP contribution in [-0.2, 0) is 6.54 Å². The number of aromatic nitrogens is 2. The molecule has 130 valence electrons. The van der Waals surface area contributed by atoms with Gasteiger partial charge in [0, 0.05) is 11.9 Å². The summed E-state index contributed by atoms with van der Waals surface area (Å²) in [6.07, 6.45) is 0.845. The van der Waals surface area contributed by atoms with Gasteiger partial charge in [0.25, 0.3) is 5.56 Å². The molecule has 4 aromatic rings. The second-order valence-corrected chi connectivity index (χ2v) is 6.29. The fraction of sp³-hybridized carbons (Fsp3) is 0.182. The van der Waals surface area contributed by atoms with E-state index < -0.39 is 0 Å². The van der Waals surface area contributed by atoms with Gasteiger partial charge < -0.3 is 4.74 Å². The van der Waals surface area contributed by atoms with E-state index >= 15 is 0 Å². The molecule has 0 unspecified atom stereocenters. The van der Waals surface area contributed by atoms with Crippen molar-refractivity contribution in [2.24, 2.45) is 0 Å². The Morgan fingerprint density at radius 1 is 0.923 bits per heavy atom. The third-order valence-corrected chi connectivity index (χ3v) is 4.65. The van der Waals surface area contributed by atoms with Crippen LogP contribution in [0.15, 0.2) is 65.5 Å². The van der Waals surface area contributed by atoms with Gasteiger partial charge in [-0.1, -0.05) is 55.5 Å². The molecule has 0 saturated heterocycles. The summed E-state index contributed by atoms with van der Waals surface area (Å²) in [5.41, 5.74) is 1.65. The van der Waals surface area contributed by atoms with Gasteiger partial charge in [-0.3, -0.25) is 4.79 Å². The molecule has 0 spiro atoms. The highest BCUT2D eigenvalue weighted by molar-refractivity contribution is 6.05. The van der Waals surface area contributed by atoms with Crippen molar-refractivity contribution in [1.29, 1.82) is 0 Å². The van der Waals surface area contributed by atoms with Gasteiger partial charge in [-0.05, 0) is 29.3 Å². The van der Waals surface area contributed by atoms with Crippen molar-refractivity contribution in [3.05, 3.63) is 71.0 Å². The molecule has 0 fully saturated rings. The lowest BCUT2D eigenvalue weighted by molar-refractivity contribution is 0.416. The van der Waals surface area contributed by atoms with Gasteiger partial charge in [0.1, 0.15) is 11.4 Å². The summed E-state index contributed by atoms with van der Waals surface area (Å²) in [5.74, 6) is 0.753. The first-order chi connectivity index (χ1) is 12.7. The lowest BCUT2D eigenvalue weighted by Crippen LogP contribution is -2.23. The molecule has 1 aromatic heterocycles. The van der Waals surface area contributed by atoms with E-state index in [1.807, 2.05) is 55.5 Å². The lowest BCUT2D eigenvalue weighted by atomic mass is 9.97. The number of ether oxygens (including phenoxy) is 1. The normalized spacial score (nSPS) is 11.2. The Bertz CT molecular complexity index is 1160. The molecule has 1 heterocycles. The summed E-state index contributed by atoms with van der Waals surface area (Å²) in [6, 6.07) is 19.8. The molecular weight excluding hydrogens is 324 g/mol. The largest absolute Gasteiger partial charge is 0.496 e. The molecule has 4 heteroatoms. The number of hydrogen-bond donors (Lipinski definition) is 0.